The molecular formula is C17H21N5O2. The van der Waals surface area contributed by atoms with Gasteiger partial charge in [-0.05, 0) is 31.4 Å². The van der Waals surface area contributed by atoms with Crippen LogP contribution in [-0.2, 0) is 24.3 Å². The fourth-order valence-electron chi connectivity index (χ4n) is 3.23. The van der Waals surface area contributed by atoms with Crippen LogP contribution >= 0.6 is 0 Å². The van der Waals surface area contributed by atoms with Crippen molar-refractivity contribution >= 4 is 11.8 Å². The van der Waals surface area contributed by atoms with Crippen LogP contribution in [0.4, 0.5) is 0 Å². The van der Waals surface area contributed by atoms with Crippen molar-refractivity contribution in [1.29, 1.82) is 0 Å². The zero-order chi connectivity index (χ0) is 17.4. The number of nitrogens with zero attached hydrogens (tertiary/aromatic N) is 4. The van der Waals surface area contributed by atoms with Crippen molar-refractivity contribution in [3.05, 3.63) is 46.0 Å². The second-order valence-electron chi connectivity index (χ2n) is 6.09. The largest absolute Gasteiger partial charge is 0.338 e. The molecule has 126 valence electrons. The van der Waals surface area contributed by atoms with E-state index >= 15 is 0 Å². The first-order chi connectivity index (χ1) is 11.4. The Morgan fingerprint density at radius 3 is 2.67 bits per heavy atom. The minimum absolute atomic E-state index is 0.0310. The Kier molecular flexibility index (Phi) is 4.19. The van der Waals surface area contributed by atoms with E-state index in [1.54, 1.807) is 24.2 Å². The summed E-state index contributed by atoms with van der Waals surface area (Å²) in [7, 11) is 0. The maximum absolute atomic E-state index is 13.0. The summed E-state index contributed by atoms with van der Waals surface area (Å²) < 4.78 is 1.41. The van der Waals surface area contributed by atoms with Crippen LogP contribution in [0.5, 0.6) is 0 Å². The number of fused-ring (bicyclic) bond motifs is 1. The van der Waals surface area contributed by atoms with Gasteiger partial charge in [0.25, 0.3) is 5.91 Å². The highest BCUT2D eigenvalue weighted by Gasteiger charge is 2.25. The summed E-state index contributed by atoms with van der Waals surface area (Å²) in [6, 6.07) is 0. The molecule has 7 heteroatoms. The van der Waals surface area contributed by atoms with Crippen molar-refractivity contribution in [2.75, 3.05) is 6.54 Å². The van der Waals surface area contributed by atoms with Crippen LogP contribution in [0.2, 0.25) is 0 Å². The number of rotatable bonds is 2. The molecule has 24 heavy (non-hydrogen) atoms. The topological polar surface area (TPSA) is 94.1 Å². The Hall–Kier alpha value is -2.54. The molecule has 0 atom stereocenters. The van der Waals surface area contributed by atoms with Gasteiger partial charge in [-0.2, -0.15) is 5.10 Å². The molecule has 0 aliphatic carbocycles. The van der Waals surface area contributed by atoms with Crippen LogP contribution < -0.4 is 5.73 Å². The Labute approximate surface area is 140 Å². The summed E-state index contributed by atoms with van der Waals surface area (Å²) in [4.78, 5) is 30.5. The van der Waals surface area contributed by atoms with E-state index in [-0.39, 0.29) is 11.8 Å². The van der Waals surface area contributed by atoms with Crippen molar-refractivity contribution < 1.29 is 9.59 Å². The van der Waals surface area contributed by atoms with Gasteiger partial charge in [-0.25, -0.2) is 4.68 Å². The van der Waals surface area contributed by atoms with Crippen LogP contribution in [-0.4, -0.2) is 38.0 Å². The Morgan fingerprint density at radius 1 is 1.29 bits per heavy atom. The minimum Gasteiger partial charge on any atom is -0.338 e. The smallest absolute Gasteiger partial charge is 0.280 e. The first-order valence-corrected chi connectivity index (χ1v) is 7.95. The molecule has 1 aliphatic rings. The highest BCUT2D eigenvalue weighted by molar-refractivity contribution is 5.97. The number of pyridine rings is 1. The third-order valence-electron chi connectivity index (χ3n) is 4.65. The quantitative estimate of drug-likeness (QED) is 0.886. The predicted octanol–water partition coefficient (Wildman–Crippen LogP) is 0.947. The molecular weight excluding hydrogens is 306 g/mol. The molecule has 0 radical (unpaired) electrons. The number of aromatic nitrogens is 3. The third-order valence-corrected chi connectivity index (χ3v) is 4.65. The maximum Gasteiger partial charge on any atom is 0.280 e. The summed E-state index contributed by atoms with van der Waals surface area (Å²) in [6.07, 6.45) is 3.96. The first-order valence-electron chi connectivity index (χ1n) is 7.95. The first kappa shape index (κ1) is 16.3. The Balaban J connectivity index is 2.01. The van der Waals surface area contributed by atoms with Gasteiger partial charge in [0.2, 0.25) is 5.91 Å². The maximum atomic E-state index is 13.0. The van der Waals surface area contributed by atoms with Crippen molar-refractivity contribution in [2.24, 2.45) is 5.73 Å². The van der Waals surface area contributed by atoms with E-state index in [2.05, 4.69) is 10.1 Å². The molecule has 0 aromatic carbocycles. The van der Waals surface area contributed by atoms with Crippen molar-refractivity contribution in [1.82, 2.24) is 19.7 Å². The summed E-state index contributed by atoms with van der Waals surface area (Å²) in [6.45, 7) is 6.70. The van der Waals surface area contributed by atoms with Gasteiger partial charge in [-0.3, -0.25) is 14.6 Å². The lowest BCUT2D eigenvalue weighted by Crippen LogP contribution is -2.35. The molecule has 3 heterocycles. The van der Waals surface area contributed by atoms with E-state index < -0.39 is 0 Å². The van der Waals surface area contributed by atoms with E-state index in [9.17, 15) is 9.59 Å². The van der Waals surface area contributed by atoms with Gasteiger partial charge in [-0.1, -0.05) is 0 Å². The summed E-state index contributed by atoms with van der Waals surface area (Å²) in [5.74, 6) is -0.167. The fourth-order valence-corrected chi connectivity index (χ4v) is 3.23. The van der Waals surface area contributed by atoms with Crippen LogP contribution in [0.1, 0.15) is 45.4 Å². The Morgan fingerprint density at radius 2 is 2.04 bits per heavy atom. The van der Waals surface area contributed by atoms with E-state index in [0.29, 0.717) is 31.6 Å². The van der Waals surface area contributed by atoms with Gasteiger partial charge in [0.05, 0.1) is 11.3 Å². The predicted molar refractivity (Wildman–Crippen MR) is 88.4 cm³/mol. The molecule has 0 fully saturated rings. The van der Waals surface area contributed by atoms with Gasteiger partial charge in [0, 0.05) is 50.2 Å². The number of carbonyl (C=O) groups excluding carboxylic acids is 2. The third kappa shape index (κ3) is 2.60. The highest BCUT2D eigenvalue weighted by Crippen LogP contribution is 2.23. The van der Waals surface area contributed by atoms with E-state index in [1.165, 1.54) is 4.68 Å². The molecule has 0 bridgehead atoms. The molecule has 2 aromatic heterocycles. The molecule has 2 N–H and O–H groups in total. The van der Waals surface area contributed by atoms with E-state index in [0.717, 1.165) is 28.1 Å². The normalized spacial score (nSPS) is 13.8. The minimum atomic E-state index is -0.198. The van der Waals surface area contributed by atoms with Gasteiger partial charge < -0.3 is 10.6 Å². The molecule has 3 rings (SSSR count). The Bertz CT molecular complexity index is 825. The van der Waals surface area contributed by atoms with Crippen LogP contribution in [0.3, 0.4) is 0 Å². The molecule has 1 aliphatic heterocycles. The lowest BCUT2D eigenvalue weighted by Gasteiger charge is -2.28. The van der Waals surface area contributed by atoms with Gasteiger partial charge in [-0.15, -0.1) is 0 Å². The summed E-state index contributed by atoms with van der Waals surface area (Å²) >= 11 is 0. The summed E-state index contributed by atoms with van der Waals surface area (Å²) in [5.41, 5.74) is 10.6. The molecule has 0 saturated heterocycles. The zero-order valence-corrected chi connectivity index (χ0v) is 14.2. The lowest BCUT2D eigenvalue weighted by molar-refractivity contribution is -0.129. The molecule has 2 aromatic rings. The summed E-state index contributed by atoms with van der Waals surface area (Å²) in [5, 5.41) is 4.34. The average Bonchev–Trinajstić information content (AvgIpc) is 2.86. The van der Waals surface area contributed by atoms with Gasteiger partial charge in [0.15, 0.2) is 0 Å². The van der Waals surface area contributed by atoms with E-state index in [1.807, 2.05) is 13.8 Å². The molecule has 0 saturated carbocycles. The SMILES string of the molecule is CC(=O)N1CCc2c(cncc2C(=O)n2nc(C)c(CN)c2C)C1. The monoisotopic (exact) mass is 327 g/mol. The average molecular weight is 327 g/mol. The lowest BCUT2D eigenvalue weighted by atomic mass is 9.96. The van der Waals surface area contributed by atoms with E-state index in [4.69, 9.17) is 5.73 Å². The number of carbonyl (C=O) groups is 2. The molecule has 7 nitrogen and oxygen atoms in total. The number of hydrogen-bond acceptors (Lipinski definition) is 5. The molecule has 0 unspecified atom stereocenters. The second kappa shape index (κ2) is 6.16. The van der Waals surface area contributed by atoms with Crippen LogP contribution in [0.15, 0.2) is 12.4 Å². The van der Waals surface area contributed by atoms with Crippen LogP contribution in [0, 0.1) is 13.8 Å². The molecule has 1 amide bonds. The van der Waals surface area contributed by atoms with Gasteiger partial charge in [0.1, 0.15) is 0 Å². The molecule has 0 spiro atoms. The zero-order valence-electron chi connectivity index (χ0n) is 14.2. The standard InChI is InChI=1S/C17H21N5O2/c1-10-15(6-18)11(2)22(20-10)17(24)16-8-19-7-13-9-21(12(3)23)5-4-14(13)16/h7-8H,4-6,9,18H2,1-3H3. The van der Waals surface area contributed by atoms with Crippen molar-refractivity contribution in [3.63, 3.8) is 0 Å². The van der Waals surface area contributed by atoms with Gasteiger partial charge >= 0.3 is 0 Å². The number of nitrogens with two attached hydrogens (primary N) is 1. The number of amides is 1. The fraction of sp³-hybridized carbons (Fsp3) is 0.412. The number of aryl methyl sites for hydroxylation is 1. The second-order valence-corrected chi connectivity index (χ2v) is 6.09. The van der Waals surface area contributed by atoms with Crippen molar-refractivity contribution in [3.8, 4) is 0 Å². The van der Waals surface area contributed by atoms with Crippen LogP contribution in [0.25, 0.3) is 0 Å². The number of hydrogen-bond donors (Lipinski definition) is 1. The highest BCUT2D eigenvalue weighted by atomic mass is 16.2. The van der Waals surface area contributed by atoms with Crippen molar-refractivity contribution in [2.45, 2.75) is 40.3 Å².